The van der Waals surface area contributed by atoms with E-state index in [-0.39, 0.29) is 17.6 Å². The Morgan fingerprint density at radius 2 is 1.88 bits per heavy atom. The summed E-state index contributed by atoms with van der Waals surface area (Å²) < 4.78 is 11.0. The van der Waals surface area contributed by atoms with Crippen molar-refractivity contribution in [3.8, 4) is 5.75 Å². The van der Waals surface area contributed by atoms with Gasteiger partial charge >= 0.3 is 0 Å². The molecule has 0 spiro atoms. The smallest absolute Gasteiger partial charge is 0.274 e. The van der Waals surface area contributed by atoms with Crippen LogP contribution < -0.4 is 15.4 Å². The molecule has 0 aliphatic heterocycles. The van der Waals surface area contributed by atoms with E-state index in [0.717, 1.165) is 36.3 Å². The lowest BCUT2D eigenvalue weighted by Gasteiger charge is -2.20. The van der Waals surface area contributed by atoms with Crippen molar-refractivity contribution in [3.05, 3.63) is 82.2 Å². The van der Waals surface area contributed by atoms with Gasteiger partial charge in [0, 0.05) is 19.2 Å². The molecule has 1 amide bonds. The lowest BCUT2D eigenvalue weighted by atomic mass is 10.0. The quantitative estimate of drug-likeness (QED) is 0.413. The zero-order valence-electron chi connectivity index (χ0n) is 19.4. The second kappa shape index (κ2) is 11.5. The first-order chi connectivity index (χ1) is 15.5. The van der Waals surface area contributed by atoms with Crippen molar-refractivity contribution in [1.29, 1.82) is 0 Å². The van der Waals surface area contributed by atoms with Gasteiger partial charge in [-0.1, -0.05) is 54.9 Å². The number of unbranched alkanes of at least 4 members (excludes halogenated alkanes) is 1. The molecule has 2 N–H and O–H groups in total. The van der Waals surface area contributed by atoms with Gasteiger partial charge in [-0.25, -0.2) is 0 Å². The van der Waals surface area contributed by atoms with Gasteiger partial charge in [0.05, 0.1) is 12.6 Å². The van der Waals surface area contributed by atoms with Crippen LogP contribution in [0.3, 0.4) is 0 Å². The number of hydrogen-bond donors (Lipinski definition) is 2. The average Bonchev–Trinajstić information content (AvgIpc) is 3.23. The Kier molecular flexibility index (Phi) is 8.45. The highest BCUT2D eigenvalue weighted by Gasteiger charge is 2.18. The largest absolute Gasteiger partial charge is 0.493 e. The predicted molar refractivity (Wildman–Crippen MR) is 126 cm³/mol. The second-order valence-electron chi connectivity index (χ2n) is 8.14. The summed E-state index contributed by atoms with van der Waals surface area (Å²) in [7, 11) is 0. The van der Waals surface area contributed by atoms with E-state index < -0.39 is 0 Å². The van der Waals surface area contributed by atoms with Crippen LogP contribution in [0.4, 0.5) is 0 Å². The van der Waals surface area contributed by atoms with E-state index in [1.807, 2.05) is 30.3 Å². The molecule has 1 atom stereocenters. The molecule has 170 valence electrons. The maximum Gasteiger partial charge on any atom is 0.274 e. The van der Waals surface area contributed by atoms with Crippen LogP contribution in [0.2, 0.25) is 0 Å². The van der Waals surface area contributed by atoms with E-state index in [0.29, 0.717) is 18.8 Å². The van der Waals surface area contributed by atoms with Crippen LogP contribution in [0.15, 0.2) is 53.1 Å². The normalized spacial score (nSPS) is 11.9. The first kappa shape index (κ1) is 23.5. The number of aromatic nitrogens is 1. The minimum Gasteiger partial charge on any atom is -0.493 e. The van der Waals surface area contributed by atoms with Crippen LogP contribution in [0, 0.1) is 20.8 Å². The number of hydrogen-bond acceptors (Lipinski definition) is 5. The summed E-state index contributed by atoms with van der Waals surface area (Å²) in [4.78, 5) is 12.6. The lowest BCUT2D eigenvalue weighted by molar-refractivity contribution is 0.0927. The molecule has 3 aromatic rings. The monoisotopic (exact) mass is 435 g/mol. The van der Waals surface area contributed by atoms with E-state index >= 15 is 0 Å². The Morgan fingerprint density at radius 3 is 2.56 bits per heavy atom. The molecule has 1 aromatic heterocycles. The molecular formula is C26H33N3O3. The van der Waals surface area contributed by atoms with E-state index in [1.54, 1.807) is 13.0 Å². The maximum absolute atomic E-state index is 12.6. The summed E-state index contributed by atoms with van der Waals surface area (Å²) in [6.45, 7) is 10.1. The molecule has 0 bridgehead atoms. The number of nitrogens with one attached hydrogen (secondary N) is 2. The molecule has 3 rings (SSSR count). The number of rotatable bonds is 11. The van der Waals surface area contributed by atoms with Gasteiger partial charge in [-0.2, -0.15) is 0 Å². The van der Waals surface area contributed by atoms with Crippen molar-refractivity contribution >= 4 is 5.91 Å². The van der Waals surface area contributed by atoms with E-state index in [2.05, 4.69) is 48.7 Å². The van der Waals surface area contributed by atoms with E-state index in [4.69, 9.17) is 9.26 Å². The Morgan fingerprint density at radius 1 is 1.09 bits per heavy atom. The lowest BCUT2D eigenvalue weighted by Crippen LogP contribution is -2.35. The van der Waals surface area contributed by atoms with Crippen LogP contribution in [0.5, 0.6) is 5.75 Å². The van der Waals surface area contributed by atoms with Crippen molar-refractivity contribution in [2.75, 3.05) is 13.2 Å². The molecule has 0 aliphatic rings. The fourth-order valence-electron chi connectivity index (χ4n) is 3.52. The highest BCUT2D eigenvalue weighted by atomic mass is 16.5. The van der Waals surface area contributed by atoms with Crippen molar-refractivity contribution in [2.24, 2.45) is 0 Å². The first-order valence-corrected chi connectivity index (χ1v) is 11.2. The van der Waals surface area contributed by atoms with E-state index in [9.17, 15) is 4.79 Å². The SMILES string of the molecule is CCCCOc1cc(C)c(CNCC(NC(=O)c2cc(C)on2)c2ccccc2)cc1C. The van der Waals surface area contributed by atoms with E-state index in [1.165, 1.54) is 11.1 Å². The third kappa shape index (κ3) is 6.44. The maximum atomic E-state index is 12.6. The minimum atomic E-state index is -0.252. The molecule has 1 heterocycles. The summed E-state index contributed by atoms with van der Waals surface area (Å²) in [5.74, 6) is 1.31. The Hall–Kier alpha value is -3.12. The fraction of sp³-hybridized carbons (Fsp3) is 0.385. The van der Waals surface area contributed by atoms with Crippen LogP contribution >= 0.6 is 0 Å². The molecule has 0 radical (unpaired) electrons. The first-order valence-electron chi connectivity index (χ1n) is 11.2. The predicted octanol–water partition coefficient (Wildman–Crippen LogP) is 5.04. The van der Waals surface area contributed by atoms with Crippen molar-refractivity contribution in [1.82, 2.24) is 15.8 Å². The fourth-order valence-corrected chi connectivity index (χ4v) is 3.52. The molecule has 0 fully saturated rings. The molecule has 32 heavy (non-hydrogen) atoms. The summed E-state index contributed by atoms with van der Waals surface area (Å²) in [6, 6.07) is 15.7. The topological polar surface area (TPSA) is 76.4 Å². The van der Waals surface area contributed by atoms with Crippen LogP contribution in [0.25, 0.3) is 0 Å². The number of benzene rings is 2. The number of aryl methyl sites for hydroxylation is 3. The molecule has 6 nitrogen and oxygen atoms in total. The van der Waals surface area contributed by atoms with Crippen LogP contribution in [-0.2, 0) is 6.54 Å². The number of carbonyl (C=O) groups excluding carboxylic acids is 1. The van der Waals surface area contributed by atoms with Crippen molar-refractivity contribution in [3.63, 3.8) is 0 Å². The number of ether oxygens (including phenoxy) is 1. The second-order valence-corrected chi connectivity index (χ2v) is 8.14. The third-order valence-corrected chi connectivity index (χ3v) is 5.42. The number of amides is 1. The molecule has 2 aromatic carbocycles. The van der Waals surface area contributed by atoms with Crippen LogP contribution in [0.1, 0.15) is 64.3 Å². The number of carbonyl (C=O) groups is 1. The molecule has 0 saturated carbocycles. The third-order valence-electron chi connectivity index (χ3n) is 5.42. The standard InChI is InChI=1S/C26H33N3O3/c1-5-6-12-31-25-14-18(2)22(13-19(25)3)16-27-17-24(21-10-8-7-9-11-21)28-26(30)23-15-20(4)32-29-23/h7-11,13-15,24,27H,5-6,12,16-17H2,1-4H3,(H,28,30). The highest BCUT2D eigenvalue weighted by molar-refractivity contribution is 5.92. The van der Waals surface area contributed by atoms with Crippen molar-refractivity contribution in [2.45, 2.75) is 53.1 Å². The molecule has 0 aliphatic carbocycles. The molecule has 1 unspecified atom stereocenters. The summed E-state index contributed by atoms with van der Waals surface area (Å²) in [5.41, 5.74) is 4.86. The Bertz CT molecular complexity index is 1010. The van der Waals surface area contributed by atoms with Gasteiger partial charge in [0.25, 0.3) is 5.91 Å². The molecular weight excluding hydrogens is 402 g/mol. The van der Waals surface area contributed by atoms with Gasteiger partial charge in [0.2, 0.25) is 0 Å². The Labute approximate surface area is 190 Å². The van der Waals surface area contributed by atoms with Gasteiger partial charge in [0.1, 0.15) is 11.5 Å². The zero-order chi connectivity index (χ0) is 22.9. The van der Waals surface area contributed by atoms with Crippen LogP contribution in [-0.4, -0.2) is 24.2 Å². The van der Waals surface area contributed by atoms with Crippen molar-refractivity contribution < 1.29 is 14.1 Å². The minimum absolute atomic E-state index is 0.196. The average molecular weight is 436 g/mol. The van der Waals surface area contributed by atoms with Gasteiger partial charge in [-0.05, 0) is 55.5 Å². The van der Waals surface area contributed by atoms with Gasteiger partial charge < -0.3 is 19.9 Å². The van der Waals surface area contributed by atoms with Gasteiger partial charge in [-0.3, -0.25) is 4.79 Å². The zero-order valence-corrected chi connectivity index (χ0v) is 19.4. The summed E-state index contributed by atoms with van der Waals surface area (Å²) >= 11 is 0. The number of nitrogens with zero attached hydrogens (tertiary/aromatic N) is 1. The Balaban J connectivity index is 1.65. The molecule has 0 saturated heterocycles. The van der Waals surface area contributed by atoms with Gasteiger partial charge in [-0.15, -0.1) is 0 Å². The molecule has 6 heteroatoms. The van der Waals surface area contributed by atoms with Gasteiger partial charge in [0.15, 0.2) is 5.69 Å². The highest BCUT2D eigenvalue weighted by Crippen LogP contribution is 2.23. The summed E-state index contributed by atoms with van der Waals surface area (Å²) in [6.07, 6.45) is 2.18. The summed E-state index contributed by atoms with van der Waals surface area (Å²) in [5, 5.41) is 10.4.